The molecule has 0 unspecified atom stereocenters. The van der Waals surface area contributed by atoms with Crippen molar-refractivity contribution in [2.75, 3.05) is 32.1 Å². The van der Waals surface area contributed by atoms with Gasteiger partial charge in [-0.25, -0.2) is 4.79 Å². The number of amides is 1. The minimum atomic E-state index is -0.596. The first-order valence-electron chi connectivity index (χ1n) is 10.8. The molecule has 11 nitrogen and oxygen atoms in total. The lowest BCUT2D eigenvalue weighted by atomic mass is 10.1. The third-order valence-corrected chi connectivity index (χ3v) is 5.58. The maximum Gasteiger partial charge on any atom is 0.337 e. The molecular weight excluding hydrogens is 450 g/mol. The van der Waals surface area contributed by atoms with E-state index < -0.39 is 5.97 Å². The molecule has 11 heteroatoms. The van der Waals surface area contributed by atoms with E-state index in [0.29, 0.717) is 22.9 Å². The van der Waals surface area contributed by atoms with Crippen molar-refractivity contribution in [1.29, 1.82) is 0 Å². The van der Waals surface area contributed by atoms with Crippen molar-refractivity contribution in [3.63, 3.8) is 0 Å². The van der Waals surface area contributed by atoms with E-state index in [4.69, 9.17) is 9.84 Å². The van der Waals surface area contributed by atoms with Gasteiger partial charge in [0.05, 0.1) is 31.5 Å². The molecule has 0 radical (unpaired) electrons. The minimum Gasteiger partial charge on any atom is -0.466 e. The number of nitrogens with one attached hydrogen (secondary N) is 1. The fraction of sp³-hybridized carbons (Fsp3) is 0.167. The van der Waals surface area contributed by atoms with Crippen LogP contribution in [0.4, 0.5) is 5.69 Å². The first-order valence-corrected chi connectivity index (χ1v) is 10.8. The maximum absolute atomic E-state index is 12.8. The van der Waals surface area contributed by atoms with Gasteiger partial charge in [0.25, 0.3) is 5.91 Å². The average molecular weight is 471 g/mol. The number of aromatic nitrogens is 5. The van der Waals surface area contributed by atoms with Crippen LogP contribution >= 0.6 is 0 Å². The number of hydrogen-bond donors (Lipinski definition) is 2. The Kier molecular flexibility index (Phi) is 5.90. The van der Waals surface area contributed by atoms with Crippen LogP contribution in [0, 0.1) is 0 Å². The van der Waals surface area contributed by atoms with Gasteiger partial charge in [0.15, 0.2) is 11.5 Å². The predicted octanol–water partition coefficient (Wildman–Crippen LogP) is 1.53. The fourth-order valence-corrected chi connectivity index (χ4v) is 3.87. The van der Waals surface area contributed by atoms with E-state index in [1.54, 1.807) is 23.0 Å². The molecule has 35 heavy (non-hydrogen) atoms. The molecule has 1 amide bonds. The topological polar surface area (TPSA) is 135 Å². The van der Waals surface area contributed by atoms with Crippen molar-refractivity contribution in [2.45, 2.75) is 0 Å². The standard InChI is InChI=1S/C24H21N7O4/c1-35-24(34)18-14-30(11-12-32)23(33)21(18)26-17-4-2-3-16(13-17)19-5-6-20-27-28-22(31(20)29-19)15-7-9-25-10-8-15/h2-10,13,26,32H,11-12,14H2,1H3. The van der Waals surface area contributed by atoms with Crippen LogP contribution in [0.25, 0.3) is 28.3 Å². The van der Waals surface area contributed by atoms with E-state index in [0.717, 1.165) is 11.1 Å². The first kappa shape index (κ1) is 22.2. The summed E-state index contributed by atoms with van der Waals surface area (Å²) < 4.78 is 6.51. The van der Waals surface area contributed by atoms with Crippen molar-refractivity contribution in [2.24, 2.45) is 0 Å². The lowest BCUT2D eigenvalue weighted by Crippen LogP contribution is -2.31. The van der Waals surface area contributed by atoms with E-state index in [-0.39, 0.29) is 36.9 Å². The van der Waals surface area contributed by atoms with E-state index in [1.807, 2.05) is 42.5 Å². The second kappa shape index (κ2) is 9.31. The number of benzene rings is 1. The SMILES string of the molecule is COC(=O)C1=C(Nc2cccc(-c3ccc4nnc(-c5ccncc5)n4n3)c2)C(=O)N(CCO)C1. The second-order valence-electron chi connectivity index (χ2n) is 7.75. The average Bonchev–Trinajstić information content (AvgIpc) is 3.45. The van der Waals surface area contributed by atoms with Crippen LogP contribution in [0.5, 0.6) is 0 Å². The Hall–Kier alpha value is -4.64. The van der Waals surface area contributed by atoms with Crippen molar-refractivity contribution in [3.8, 4) is 22.6 Å². The molecule has 4 aromatic rings. The summed E-state index contributed by atoms with van der Waals surface area (Å²) in [6, 6.07) is 14.7. The monoisotopic (exact) mass is 471 g/mol. The van der Waals surface area contributed by atoms with Crippen LogP contribution in [-0.2, 0) is 14.3 Å². The normalized spacial score (nSPS) is 13.5. The number of methoxy groups -OCH3 is 1. The summed E-state index contributed by atoms with van der Waals surface area (Å²) in [5.74, 6) is -0.386. The number of ether oxygens (including phenoxy) is 1. The van der Waals surface area contributed by atoms with Crippen molar-refractivity contribution >= 4 is 23.2 Å². The molecule has 1 aromatic carbocycles. The zero-order valence-corrected chi connectivity index (χ0v) is 18.8. The summed E-state index contributed by atoms with van der Waals surface area (Å²) in [6.45, 7) is -0.0212. The highest BCUT2D eigenvalue weighted by Crippen LogP contribution is 2.26. The van der Waals surface area contributed by atoms with E-state index in [2.05, 4.69) is 20.5 Å². The van der Waals surface area contributed by atoms with Gasteiger partial charge in [-0.05, 0) is 36.4 Å². The Labute approximate surface area is 199 Å². The molecule has 4 heterocycles. The Morgan fingerprint density at radius 1 is 1.11 bits per heavy atom. The van der Waals surface area contributed by atoms with Gasteiger partial charge in [0.1, 0.15) is 5.70 Å². The molecule has 0 saturated heterocycles. The number of carbonyl (C=O) groups excluding carboxylic acids is 2. The fourth-order valence-electron chi connectivity index (χ4n) is 3.87. The van der Waals surface area contributed by atoms with E-state index >= 15 is 0 Å². The molecule has 5 rings (SSSR count). The first-order chi connectivity index (χ1) is 17.1. The highest BCUT2D eigenvalue weighted by atomic mass is 16.5. The molecular formula is C24H21N7O4. The third-order valence-electron chi connectivity index (χ3n) is 5.58. The van der Waals surface area contributed by atoms with E-state index in [1.165, 1.54) is 12.0 Å². The van der Waals surface area contributed by atoms with Crippen LogP contribution in [-0.4, -0.2) is 73.5 Å². The Morgan fingerprint density at radius 3 is 2.71 bits per heavy atom. The highest BCUT2D eigenvalue weighted by Gasteiger charge is 2.34. The molecule has 0 bridgehead atoms. The van der Waals surface area contributed by atoms with Gasteiger partial charge >= 0.3 is 5.97 Å². The lowest BCUT2D eigenvalue weighted by molar-refractivity contribution is -0.136. The smallest absolute Gasteiger partial charge is 0.337 e. The number of fused-ring (bicyclic) bond motifs is 1. The van der Waals surface area contributed by atoms with Gasteiger partial charge in [-0.15, -0.1) is 10.2 Å². The number of pyridine rings is 1. The molecule has 2 N–H and O–H groups in total. The maximum atomic E-state index is 12.8. The van der Waals surface area contributed by atoms with Crippen LogP contribution in [0.15, 0.2) is 72.2 Å². The zero-order chi connectivity index (χ0) is 24.4. The van der Waals surface area contributed by atoms with Gasteiger partial charge in [0.2, 0.25) is 0 Å². The number of nitrogens with zero attached hydrogens (tertiary/aromatic N) is 6. The highest BCUT2D eigenvalue weighted by molar-refractivity contribution is 6.08. The van der Waals surface area contributed by atoms with Gasteiger partial charge in [-0.3, -0.25) is 9.78 Å². The molecule has 3 aromatic heterocycles. The predicted molar refractivity (Wildman–Crippen MR) is 126 cm³/mol. The number of rotatable bonds is 7. The molecule has 0 aliphatic carbocycles. The molecule has 0 fully saturated rings. The summed E-state index contributed by atoms with van der Waals surface area (Å²) in [5.41, 5.74) is 3.82. The van der Waals surface area contributed by atoms with Gasteiger partial charge < -0.3 is 20.1 Å². The number of anilines is 1. The molecule has 1 aliphatic rings. The second-order valence-corrected chi connectivity index (χ2v) is 7.75. The van der Waals surface area contributed by atoms with Crippen LogP contribution in [0.1, 0.15) is 0 Å². The van der Waals surface area contributed by atoms with Gasteiger partial charge in [0, 0.05) is 35.8 Å². The molecule has 176 valence electrons. The summed E-state index contributed by atoms with van der Waals surface area (Å²) in [5, 5.41) is 25.5. The zero-order valence-electron chi connectivity index (χ0n) is 18.8. The molecule has 0 saturated carbocycles. The quantitative estimate of drug-likeness (QED) is 0.385. The van der Waals surface area contributed by atoms with Crippen LogP contribution < -0.4 is 5.32 Å². The number of aliphatic hydroxyl groups is 1. The Morgan fingerprint density at radius 2 is 1.94 bits per heavy atom. The number of aliphatic hydroxyl groups excluding tert-OH is 1. The summed E-state index contributed by atoms with van der Waals surface area (Å²) in [7, 11) is 1.26. The summed E-state index contributed by atoms with van der Waals surface area (Å²) in [4.78, 5) is 30.5. The van der Waals surface area contributed by atoms with Gasteiger partial charge in [-0.1, -0.05) is 12.1 Å². The van der Waals surface area contributed by atoms with Crippen molar-refractivity contribution < 1.29 is 19.4 Å². The summed E-state index contributed by atoms with van der Waals surface area (Å²) >= 11 is 0. The lowest BCUT2D eigenvalue weighted by Gasteiger charge is -2.15. The molecule has 0 atom stereocenters. The molecule has 0 spiro atoms. The van der Waals surface area contributed by atoms with Crippen molar-refractivity contribution in [3.05, 3.63) is 72.2 Å². The number of carbonyl (C=O) groups is 2. The minimum absolute atomic E-state index is 0.0672. The summed E-state index contributed by atoms with van der Waals surface area (Å²) in [6.07, 6.45) is 3.36. The third kappa shape index (κ3) is 4.20. The van der Waals surface area contributed by atoms with Crippen LogP contribution in [0.2, 0.25) is 0 Å². The van der Waals surface area contributed by atoms with E-state index in [9.17, 15) is 14.7 Å². The Balaban J connectivity index is 1.48. The Bertz CT molecular complexity index is 1450. The molecule has 1 aliphatic heterocycles. The van der Waals surface area contributed by atoms with Crippen molar-refractivity contribution in [1.82, 2.24) is 29.7 Å². The van der Waals surface area contributed by atoms with Crippen LogP contribution in [0.3, 0.4) is 0 Å². The number of β-amino-alcohol motifs (C(OH)–C–C–N with tert-alkyl or cyclic N) is 1. The number of hydrogen-bond acceptors (Lipinski definition) is 9. The largest absolute Gasteiger partial charge is 0.466 e. The van der Waals surface area contributed by atoms with Gasteiger partial charge in [-0.2, -0.15) is 9.61 Å². The number of esters is 1.